The van der Waals surface area contributed by atoms with Crippen molar-refractivity contribution in [1.82, 2.24) is 4.90 Å². The van der Waals surface area contributed by atoms with Crippen molar-refractivity contribution >= 4 is 5.91 Å². The van der Waals surface area contributed by atoms with Crippen molar-refractivity contribution in [2.45, 2.75) is 26.3 Å². The molecule has 0 saturated carbocycles. The van der Waals surface area contributed by atoms with Crippen LogP contribution >= 0.6 is 0 Å². The number of hydrogen-bond donors (Lipinski definition) is 1. The third kappa shape index (κ3) is 2.82. The standard InChI is InChI=1S/C13H18FNO2/c1-9-7-10(5-6-11(9)14)12(17)15(4)13(2,3)8-16/h5-7,16H,8H2,1-4H3. The van der Waals surface area contributed by atoms with E-state index in [2.05, 4.69) is 0 Å². The molecule has 1 aromatic rings. The number of rotatable bonds is 3. The summed E-state index contributed by atoms with van der Waals surface area (Å²) < 4.78 is 13.1. The van der Waals surface area contributed by atoms with Crippen LogP contribution in [0.2, 0.25) is 0 Å². The van der Waals surface area contributed by atoms with Gasteiger partial charge in [-0.3, -0.25) is 4.79 Å². The Hall–Kier alpha value is -1.42. The molecule has 0 aliphatic heterocycles. The summed E-state index contributed by atoms with van der Waals surface area (Å²) in [6.45, 7) is 5.02. The Balaban J connectivity index is 3.01. The minimum Gasteiger partial charge on any atom is -0.394 e. The van der Waals surface area contributed by atoms with Crippen molar-refractivity contribution in [2.75, 3.05) is 13.7 Å². The first kappa shape index (κ1) is 13.6. The molecular weight excluding hydrogens is 221 g/mol. The fourth-order valence-corrected chi connectivity index (χ4v) is 1.35. The summed E-state index contributed by atoms with van der Waals surface area (Å²) in [5, 5.41) is 9.21. The van der Waals surface area contributed by atoms with Gasteiger partial charge in [0, 0.05) is 12.6 Å². The van der Waals surface area contributed by atoms with Crippen LogP contribution in [0.25, 0.3) is 0 Å². The zero-order valence-electron chi connectivity index (χ0n) is 10.6. The van der Waals surface area contributed by atoms with Gasteiger partial charge in [-0.1, -0.05) is 0 Å². The minimum atomic E-state index is -0.640. The van der Waals surface area contributed by atoms with Gasteiger partial charge in [-0.25, -0.2) is 4.39 Å². The van der Waals surface area contributed by atoms with Crippen LogP contribution in [0.1, 0.15) is 29.8 Å². The van der Waals surface area contributed by atoms with E-state index in [1.807, 2.05) is 0 Å². The SMILES string of the molecule is Cc1cc(C(=O)N(C)C(C)(C)CO)ccc1F. The second-order valence-corrected chi connectivity index (χ2v) is 4.80. The summed E-state index contributed by atoms with van der Waals surface area (Å²) >= 11 is 0. The number of carbonyl (C=O) groups is 1. The number of likely N-dealkylation sites (N-methyl/N-ethyl adjacent to an activating group) is 1. The first-order valence-electron chi connectivity index (χ1n) is 5.45. The molecule has 0 heterocycles. The van der Waals surface area contributed by atoms with Gasteiger partial charge in [0.1, 0.15) is 5.82 Å². The van der Waals surface area contributed by atoms with Gasteiger partial charge in [-0.2, -0.15) is 0 Å². The van der Waals surface area contributed by atoms with E-state index in [4.69, 9.17) is 0 Å². The molecular formula is C13H18FNO2. The zero-order valence-corrected chi connectivity index (χ0v) is 10.6. The van der Waals surface area contributed by atoms with Gasteiger partial charge in [-0.15, -0.1) is 0 Å². The lowest BCUT2D eigenvalue weighted by Gasteiger charge is -2.34. The molecule has 0 aromatic heterocycles. The van der Waals surface area contributed by atoms with Crippen molar-refractivity contribution in [2.24, 2.45) is 0 Å². The first-order chi connectivity index (χ1) is 7.79. The van der Waals surface area contributed by atoms with Gasteiger partial charge in [0.15, 0.2) is 0 Å². The molecule has 3 nitrogen and oxygen atoms in total. The molecule has 1 N–H and O–H groups in total. The van der Waals surface area contributed by atoms with E-state index in [9.17, 15) is 14.3 Å². The summed E-state index contributed by atoms with van der Waals surface area (Å²) in [6, 6.07) is 4.25. The average Bonchev–Trinajstić information content (AvgIpc) is 2.30. The number of aliphatic hydroxyl groups is 1. The Labute approximate surface area is 101 Å². The molecule has 1 amide bonds. The van der Waals surface area contributed by atoms with Crippen LogP contribution in [0.5, 0.6) is 0 Å². The van der Waals surface area contributed by atoms with Crippen molar-refractivity contribution in [3.8, 4) is 0 Å². The second-order valence-electron chi connectivity index (χ2n) is 4.80. The van der Waals surface area contributed by atoms with E-state index in [1.165, 1.54) is 23.1 Å². The molecule has 94 valence electrons. The van der Waals surface area contributed by atoms with Gasteiger partial charge in [-0.05, 0) is 44.5 Å². The van der Waals surface area contributed by atoms with Crippen molar-refractivity contribution < 1.29 is 14.3 Å². The molecule has 0 unspecified atom stereocenters. The molecule has 0 atom stereocenters. The summed E-state index contributed by atoms with van der Waals surface area (Å²) in [7, 11) is 1.62. The molecule has 1 aromatic carbocycles. The third-order valence-electron chi connectivity index (χ3n) is 3.00. The molecule has 1 rings (SSSR count). The fourth-order valence-electron chi connectivity index (χ4n) is 1.35. The summed E-state index contributed by atoms with van der Waals surface area (Å²) in [5.74, 6) is -0.558. The Morgan fingerprint density at radius 1 is 1.47 bits per heavy atom. The van der Waals surface area contributed by atoms with E-state index < -0.39 is 5.54 Å². The number of benzene rings is 1. The maximum atomic E-state index is 13.1. The highest BCUT2D eigenvalue weighted by molar-refractivity contribution is 5.94. The van der Waals surface area contributed by atoms with Gasteiger partial charge in [0.05, 0.1) is 12.1 Å². The molecule has 0 fully saturated rings. The highest BCUT2D eigenvalue weighted by atomic mass is 19.1. The van der Waals surface area contributed by atoms with Crippen LogP contribution in [-0.2, 0) is 0 Å². The van der Waals surface area contributed by atoms with E-state index in [-0.39, 0.29) is 18.3 Å². The lowest BCUT2D eigenvalue weighted by atomic mass is 10.0. The van der Waals surface area contributed by atoms with Crippen LogP contribution in [0, 0.1) is 12.7 Å². The van der Waals surface area contributed by atoms with Crippen molar-refractivity contribution in [3.63, 3.8) is 0 Å². The van der Waals surface area contributed by atoms with E-state index in [1.54, 1.807) is 27.8 Å². The second kappa shape index (κ2) is 4.84. The summed E-state index contributed by atoms with van der Waals surface area (Å²) in [4.78, 5) is 13.6. The maximum Gasteiger partial charge on any atom is 0.254 e. The number of carbonyl (C=O) groups excluding carboxylic acids is 1. The third-order valence-corrected chi connectivity index (χ3v) is 3.00. The molecule has 0 aliphatic carbocycles. The monoisotopic (exact) mass is 239 g/mol. The smallest absolute Gasteiger partial charge is 0.254 e. The van der Waals surface area contributed by atoms with E-state index in [0.29, 0.717) is 11.1 Å². The molecule has 0 radical (unpaired) electrons. The van der Waals surface area contributed by atoms with Gasteiger partial charge < -0.3 is 10.0 Å². The lowest BCUT2D eigenvalue weighted by molar-refractivity contribution is 0.0473. The highest BCUT2D eigenvalue weighted by Crippen LogP contribution is 2.17. The van der Waals surface area contributed by atoms with E-state index >= 15 is 0 Å². The molecule has 4 heteroatoms. The predicted molar refractivity (Wildman–Crippen MR) is 64.4 cm³/mol. The topological polar surface area (TPSA) is 40.5 Å². The molecule has 0 aliphatic rings. The van der Waals surface area contributed by atoms with Crippen molar-refractivity contribution in [1.29, 1.82) is 0 Å². The molecule has 0 spiro atoms. The van der Waals surface area contributed by atoms with Gasteiger partial charge in [0.2, 0.25) is 0 Å². The van der Waals surface area contributed by atoms with Crippen LogP contribution in [-0.4, -0.2) is 35.1 Å². The zero-order chi connectivity index (χ0) is 13.2. The Bertz CT molecular complexity index is 429. The van der Waals surface area contributed by atoms with Crippen LogP contribution < -0.4 is 0 Å². The molecule has 0 bridgehead atoms. The van der Waals surface area contributed by atoms with Crippen molar-refractivity contribution in [3.05, 3.63) is 35.1 Å². The van der Waals surface area contributed by atoms with Crippen LogP contribution in [0.15, 0.2) is 18.2 Å². The Morgan fingerprint density at radius 3 is 2.53 bits per heavy atom. The minimum absolute atomic E-state index is 0.130. The number of nitrogens with zero attached hydrogens (tertiary/aromatic N) is 1. The van der Waals surface area contributed by atoms with Crippen LogP contribution in [0.4, 0.5) is 4.39 Å². The van der Waals surface area contributed by atoms with Gasteiger partial charge in [0.25, 0.3) is 5.91 Å². The van der Waals surface area contributed by atoms with Gasteiger partial charge >= 0.3 is 0 Å². The number of aliphatic hydroxyl groups excluding tert-OH is 1. The highest BCUT2D eigenvalue weighted by Gasteiger charge is 2.27. The summed E-state index contributed by atoms with van der Waals surface area (Å²) in [6.07, 6.45) is 0. The maximum absolute atomic E-state index is 13.1. The number of aryl methyl sites for hydroxylation is 1. The first-order valence-corrected chi connectivity index (χ1v) is 5.45. The average molecular weight is 239 g/mol. The predicted octanol–water partition coefficient (Wildman–Crippen LogP) is 1.98. The Kier molecular flexibility index (Phi) is 3.88. The molecule has 0 saturated heterocycles. The number of halogens is 1. The molecule has 17 heavy (non-hydrogen) atoms. The van der Waals surface area contributed by atoms with E-state index in [0.717, 1.165) is 0 Å². The largest absolute Gasteiger partial charge is 0.394 e. The lowest BCUT2D eigenvalue weighted by Crippen LogP contribution is -2.47. The number of hydrogen-bond acceptors (Lipinski definition) is 2. The summed E-state index contributed by atoms with van der Waals surface area (Å²) in [5.41, 5.74) is 0.221. The normalized spacial score (nSPS) is 11.4. The van der Waals surface area contributed by atoms with Crippen LogP contribution in [0.3, 0.4) is 0 Å². The fraction of sp³-hybridized carbons (Fsp3) is 0.462. The quantitative estimate of drug-likeness (QED) is 0.876. The number of amides is 1. The Morgan fingerprint density at radius 2 is 2.06 bits per heavy atom.